The number of para-hydroxylation sites is 2. The second-order valence-electron chi connectivity index (χ2n) is 6.43. The molecule has 1 aromatic rings. The van der Waals surface area contributed by atoms with Crippen LogP contribution in [0.25, 0.3) is 0 Å². The number of nitrogens with zero attached hydrogens (tertiary/aromatic N) is 2. The lowest BCUT2D eigenvalue weighted by molar-refractivity contribution is -0.157. The molecule has 2 aliphatic rings. The summed E-state index contributed by atoms with van der Waals surface area (Å²) in [5.74, 6) is -0.472. The van der Waals surface area contributed by atoms with Crippen LogP contribution in [-0.4, -0.2) is 49.2 Å². The van der Waals surface area contributed by atoms with Crippen molar-refractivity contribution in [3.05, 3.63) is 24.3 Å². The zero-order valence-electron chi connectivity index (χ0n) is 13.5. The van der Waals surface area contributed by atoms with Crippen molar-refractivity contribution in [2.45, 2.75) is 37.9 Å². The van der Waals surface area contributed by atoms with E-state index in [-0.39, 0.29) is 6.54 Å². The van der Waals surface area contributed by atoms with E-state index in [9.17, 15) is 18.0 Å². The van der Waals surface area contributed by atoms with E-state index < -0.39 is 24.7 Å². The number of piperidine rings is 1. The fourth-order valence-electron chi connectivity index (χ4n) is 3.44. The van der Waals surface area contributed by atoms with Gasteiger partial charge in [-0.3, -0.25) is 4.79 Å². The van der Waals surface area contributed by atoms with Crippen LogP contribution in [0.4, 0.5) is 24.5 Å². The third-order valence-electron chi connectivity index (χ3n) is 4.60. The van der Waals surface area contributed by atoms with Gasteiger partial charge in [-0.05, 0) is 37.8 Å². The number of hydrogen-bond donors (Lipinski definition) is 1. The molecule has 2 heterocycles. The van der Waals surface area contributed by atoms with Gasteiger partial charge in [-0.1, -0.05) is 12.1 Å². The van der Waals surface area contributed by atoms with Gasteiger partial charge in [0.15, 0.2) is 0 Å². The highest BCUT2D eigenvalue weighted by molar-refractivity contribution is 5.88. The van der Waals surface area contributed by atoms with Crippen molar-refractivity contribution in [2.24, 2.45) is 0 Å². The summed E-state index contributed by atoms with van der Waals surface area (Å²) in [7, 11) is 0. The Kier molecular flexibility index (Phi) is 4.87. The molecule has 0 bridgehead atoms. The van der Waals surface area contributed by atoms with Gasteiger partial charge in [0.25, 0.3) is 0 Å². The number of nitrogens with one attached hydrogen (secondary N) is 1. The summed E-state index contributed by atoms with van der Waals surface area (Å²) in [5.41, 5.74) is 1.85. The first-order valence-corrected chi connectivity index (χ1v) is 8.40. The summed E-state index contributed by atoms with van der Waals surface area (Å²) < 4.78 is 37.6. The van der Waals surface area contributed by atoms with E-state index >= 15 is 0 Å². The van der Waals surface area contributed by atoms with Gasteiger partial charge in [-0.2, -0.15) is 13.2 Å². The Morgan fingerprint density at radius 2 is 1.79 bits per heavy atom. The molecule has 1 N–H and O–H groups in total. The van der Waals surface area contributed by atoms with Crippen molar-refractivity contribution < 1.29 is 18.0 Å². The van der Waals surface area contributed by atoms with Gasteiger partial charge < -0.3 is 15.1 Å². The number of anilines is 2. The number of carbonyl (C=O) groups excluding carboxylic acids is 1. The lowest BCUT2D eigenvalue weighted by Crippen LogP contribution is -2.39. The van der Waals surface area contributed by atoms with E-state index in [1.165, 1.54) is 6.42 Å². The highest BCUT2D eigenvalue weighted by Crippen LogP contribution is 2.30. The Labute approximate surface area is 139 Å². The number of halogens is 3. The monoisotopic (exact) mass is 341 g/mol. The Morgan fingerprint density at radius 3 is 2.50 bits per heavy atom. The Bertz CT molecular complexity index is 585. The molecule has 2 fully saturated rings. The highest BCUT2D eigenvalue weighted by Gasteiger charge is 2.39. The lowest BCUT2D eigenvalue weighted by Gasteiger charge is -2.31. The normalized spacial score (nSPS) is 22.1. The van der Waals surface area contributed by atoms with Crippen LogP contribution in [0.15, 0.2) is 24.3 Å². The molecule has 2 aliphatic heterocycles. The van der Waals surface area contributed by atoms with Crippen molar-refractivity contribution in [3.63, 3.8) is 0 Å². The zero-order chi connectivity index (χ0) is 17.2. The van der Waals surface area contributed by atoms with E-state index in [1.807, 2.05) is 24.3 Å². The molecule has 0 radical (unpaired) electrons. The number of rotatable bonds is 4. The quantitative estimate of drug-likeness (QED) is 0.913. The van der Waals surface area contributed by atoms with Crippen molar-refractivity contribution in [1.29, 1.82) is 0 Å². The zero-order valence-corrected chi connectivity index (χ0v) is 13.5. The first-order chi connectivity index (χ1) is 11.4. The molecule has 1 aromatic carbocycles. The summed E-state index contributed by atoms with van der Waals surface area (Å²) in [4.78, 5) is 15.4. The van der Waals surface area contributed by atoms with Crippen LogP contribution < -0.4 is 10.2 Å². The lowest BCUT2D eigenvalue weighted by atomic mass is 10.1. The molecule has 132 valence electrons. The largest absolute Gasteiger partial charge is 0.406 e. The molecule has 0 unspecified atom stereocenters. The molecular formula is C17H22F3N3O. The van der Waals surface area contributed by atoms with Gasteiger partial charge in [0.05, 0.1) is 11.4 Å². The molecule has 3 rings (SSSR count). The number of alkyl halides is 3. The maximum Gasteiger partial charge on any atom is 0.406 e. The predicted molar refractivity (Wildman–Crippen MR) is 87.2 cm³/mol. The Morgan fingerprint density at radius 1 is 1.08 bits per heavy atom. The number of hydrogen-bond acceptors (Lipinski definition) is 3. The summed E-state index contributed by atoms with van der Waals surface area (Å²) in [6.07, 6.45) is -0.467. The van der Waals surface area contributed by atoms with Crippen LogP contribution in [-0.2, 0) is 4.79 Å². The third-order valence-corrected chi connectivity index (χ3v) is 4.60. The Hall–Kier alpha value is -1.92. The standard InChI is InChI=1S/C17H22F3N3O/c18-17(19,20)12-23-11-8-14(16(23)24)21-13-6-2-3-7-15(13)22-9-4-1-5-10-22/h2-3,6-7,14,21H,1,4-5,8-12H2/t14-/m0/s1. The number of benzene rings is 1. The number of carbonyl (C=O) groups is 1. The molecule has 0 aliphatic carbocycles. The van der Waals surface area contributed by atoms with Crippen molar-refractivity contribution in [3.8, 4) is 0 Å². The van der Waals surface area contributed by atoms with Gasteiger partial charge in [0.2, 0.25) is 5.91 Å². The molecule has 1 amide bonds. The minimum absolute atomic E-state index is 0.141. The van der Waals surface area contributed by atoms with E-state index in [4.69, 9.17) is 0 Å². The second kappa shape index (κ2) is 6.91. The summed E-state index contributed by atoms with van der Waals surface area (Å²) in [6.45, 7) is 0.911. The van der Waals surface area contributed by atoms with Gasteiger partial charge in [-0.15, -0.1) is 0 Å². The molecule has 2 saturated heterocycles. The predicted octanol–water partition coefficient (Wildman–Crippen LogP) is 3.25. The third kappa shape index (κ3) is 3.94. The number of amides is 1. The summed E-state index contributed by atoms with van der Waals surface area (Å²) in [6, 6.07) is 7.13. The van der Waals surface area contributed by atoms with E-state index in [0.29, 0.717) is 6.42 Å². The molecule has 24 heavy (non-hydrogen) atoms. The van der Waals surface area contributed by atoms with Crippen LogP contribution in [0.5, 0.6) is 0 Å². The van der Waals surface area contributed by atoms with Gasteiger partial charge in [0, 0.05) is 19.6 Å². The molecule has 1 atom stereocenters. The molecule has 0 saturated carbocycles. The smallest absolute Gasteiger partial charge is 0.372 e. The molecule has 0 aromatic heterocycles. The Balaban J connectivity index is 1.69. The maximum absolute atomic E-state index is 12.5. The van der Waals surface area contributed by atoms with Crippen molar-refractivity contribution in [1.82, 2.24) is 4.90 Å². The fraction of sp³-hybridized carbons (Fsp3) is 0.588. The second-order valence-corrected chi connectivity index (χ2v) is 6.43. The van der Waals surface area contributed by atoms with Crippen molar-refractivity contribution >= 4 is 17.3 Å². The maximum atomic E-state index is 12.5. The summed E-state index contributed by atoms with van der Waals surface area (Å²) >= 11 is 0. The van der Waals surface area contributed by atoms with E-state index in [1.54, 1.807) is 0 Å². The topological polar surface area (TPSA) is 35.6 Å². The first kappa shape index (κ1) is 16.9. The van der Waals surface area contributed by atoms with E-state index in [2.05, 4.69) is 10.2 Å². The van der Waals surface area contributed by atoms with Crippen LogP contribution in [0.3, 0.4) is 0 Å². The number of likely N-dealkylation sites (tertiary alicyclic amines) is 1. The fourth-order valence-corrected chi connectivity index (χ4v) is 3.44. The van der Waals surface area contributed by atoms with Gasteiger partial charge in [-0.25, -0.2) is 0 Å². The minimum Gasteiger partial charge on any atom is -0.372 e. The molecular weight excluding hydrogens is 319 g/mol. The van der Waals surface area contributed by atoms with Crippen molar-refractivity contribution in [2.75, 3.05) is 36.4 Å². The first-order valence-electron chi connectivity index (χ1n) is 8.40. The van der Waals surface area contributed by atoms with Crippen LogP contribution >= 0.6 is 0 Å². The highest BCUT2D eigenvalue weighted by atomic mass is 19.4. The van der Waals surface area contributed by atoms with Crippen LogP contribution in [0, 0.1) is 0 Å². The van der Waals surface area contributed by atoms with Crippen LogP contribution in [0.1, 0.15) is 25.7 Å². The molecule has 0 spiro atoms. The minimum atomic E-state index is -4.35. The average molecular weight is 341 g/mol. The van der Waals surface area contributed by atoms with E-state index in [0.717, 1.165) is 42.2 Å². The van der Waals surface area contributed by atoms with Gasteiger partial charge in [0.1, 0.15) is 12.6 Å². The SMILES string of the molecule is O=C1[C@@H](Nc2ccccc2N2CCCCC2)CCN1CC(F)(F)F. The average Bonchev–Trinajstić information content (AvgIpc) is 2.88. The van der Waals surface area contributed by atoms with Gasteiger partial charge >= 0.3 is 6.18 Å². The molecule has 4 nitrogen and oxygen atoms in total. The van der Waals surface area contributed by atoms with Crippen LogP contribution in [0.2, 0.25) is 0 Å². The summed E-state index contributed by atoms with van der Waals surface area (Å²) in [5, 5.41) is 3.17. The molecule has 7 heteroatoms.